The number of fused-ring (bicyclic) bond motifs is 1. The summed E-state index contributed by atoms with van der Waals surface area (Å²) < 4.78 is 5.34. The zero-order chi connectivity index (χ0) is 16.1. The third-order valence-electron chi connectivity index (χ3n) is 3.74. The number of nitrogens with one attached hydrogen (secondary N) is 1. The molecule has 2 amide bonds. The van der Waals surface area contributed by atoms with Crippen molar-refractivity contribution >= 4 is 17.5 Å². The van der Waals surface area contributed by atoms with E-state index in [2.05, 4.69) is 5.32 Å². The summed E-state index contributed by atoms with van der Waals surface area (Å²) >= 11 is 0. The fourth-order valence-electron chi connectivity index (χ4n) is 2.58. The summed E-state index contributed by atoms with van der Waals surface area (Å²) in [7, 11) is 0. The van der Waals surface area contributed by atoms with Crippen LogP contribution < -0.4 is 15.0 Å². The minimum absolute atomic E-state index is 0.0225. The molecule has 0 fully saturated rings. The van der Waals surface area contributed by atoms with Gasteiger partial charge in [-0.2, -0.15) is 0 Å². The molecule has 0 radical (unpaired) electrons. The lowest BCUT2D eigenvalue weighted by Gasteiger charge is -2.17. The molecule has 0 aromatic heterocycles. The standard InChI is InChI=1S/C18H18N2O3/c21-17(13-23-15-7-2-1-3-8-15)19-12-18(22)20-11-10-14-6-4-5-9-16(14)20/h1-9H,10-13H2,(H,19,21). The predicted octanol–water partition coefficient (Wildman–Crippen LogP) is 1.77. The number of ether oxygens (including phenoxy) is 1. The maximum atomic E-state index is 12.3. The predicted molar refractivity (Wildman–Crippen MR) is 87.4 cm³/mol. The molecule has 5 heteroatoms. The molecule has 5 nitrogen and oxygen atoms in total. The van der Waals surface area contributed by atoms with Crippen LogP contribution in [0.3, 0.4) is 0 Å². The minimum atomic E-state index is -0.310. The van der Waals surface area contributed by atoms with E-state index in [1.165, 1.54) is 5.56 Å². The first kappa shape index (κ1) is 15.1. The molecule has 118 valence electrons. The maximum absolute atomic E-state index is 12.3. The molecule has 23 heavy (non-hydrogen) atoms. The number of carbonyl (C=O) groups is 2. The zero-order valence-electron chi connectivity index (χ0n) is 12.7. The van der Waals surface area contributed by atoms with Crippen LogP contribution in [0.15, 0.2) is 54.6 Å². The average Bonchev–Trinajstić information content (AvgIpc) is 3.03. The van der Waals surface area contributed by atoms with E-state index in [9.17, 15) is 9.59 Å². The van der Waals surface area contributed by atoms with Crippen LogP contribution in [0.25, 0.3) is 0 Å². The Morgan fingerprint density at radius 2 is 1.78 bits per heavy atom. The Labute approximate surface area is 134 Å². The van der Waals surface area contributed by atoms with Crippen LogP contribution in [0.4, 0.5) is 5.69 Å². The fraction of sp³-hybridized carbons (Fsp3) is 0.222. The number of nitrogens with zero attached hydrogens (tertiary/aromatic N) is 1. The molecule has 1 aliphatic heterocycles. The van der Waals surface area contributed by atoms with Crippen LogP contribution >= 0.6 is 0 Å². The highest BCUT2D eigenvalue weighted by Gasteiger charge is 2.24. The van der Waals surface area contributed by atoms with Gasteiger partial charge in [-0.1, -0.05) is 36.4 Å². The number of hydrogen-bond donors (Lipinski definition) is 1. The van der Waals surface area contributed by atoms with Gasteiger partial charge in [0.1, 0.15) is 5.75 Å². The first-order valence-electron chi connectivity index (χ1n) is 7.57. The Kier molecular flexibility index (Phi) is 4.57. The second-order valence-corrected chi connectivity index (χ2v) is 5.30. The molecule has 0 aliphatic carbocycles. The molecule has 0 spiro atoms. The topological polar surface area (TPSA) is 58.6 Å². The van der Waals surface area contributed by atoms with E-state index in [0.717, 1.165) is 12.1 Å². The molecule has 1 aliphatic rings. The Hall–Kier alpha value is -2.82. The maximum Gasteiger partial charge on any atom is 0.258 e. The molecular formula is C18H18N2O3. The lowest BCUT2D eigenvalue weighted by molar-refractivity contribution is -0.126. The van der Waals surface area contributed by atoms with Crippen LogP contribution in [0.2, 0.25) is 0 Å². The minimum Gasteiger partial charge on any atom is -0.484 e. The SMILES string of the molecule is O=C(COc1ccccc1)NCC(=O)N1CCc2ccccc21. The molecule has 2 aromatic carbocycles. The molecule has 1 N–H and O–H groups in total. The van der Waals surface area contributed by atoms with Gasteiger partial charge in [0.2, 0.25) is 5.91 Å². The zero-order valence-corrected chi connectivity index (χ0v) is 12.7. The van der Waals surface area contributed by atoms with E-state index >= 15 is 0 Å². The summed E-state index contributed by atoms with van der Waals surface area (Å²) in [6, 6.07) is 16.9. The van der Waals surface area contributed by atoms with Gasteiger partial charge in [-0.05, 0) is 30.2 Å². The molecular weight excluding hydrogens is 292 g/mol. The van der Waals surface area contributed by atoms with Gasteiger partial charge < -0.3 is 15.0 Å². The van der Waals surface area contributed by atoms with E-state index in [4.69, 9.17) is 4.74 Å². The highest BCUT2D eigenvalue weighted by atomic mass is 16.5. The highest BCUT2D eigenvalue weighted by Crippen LogP contribution is 2.27. The average molecular weight is 310 g/mol. The van der Waals surface area contributed by atoms with Crippen LogP contribution in [0.5, 0.6) is 5.75 Å². The molecule has 2 aromatic rings. The number of carbonyl (C=O) groups excluding carboxylic acids is 2. The molecule has 0 saturated carbocycles. The van der Waals surface area contributed by atoms with Gasteiger partial charge in [0.25, 0.3) is 5.91 Å². The molecule has 1 heterocycles. The second kappa shape index (κ2) is 6.96. The second-order valence-electron chi connectivity index (χ2n) is 5.30. The van der Waals surface area contributed by atoms with Crippen LogP contribution in [0, 0.1) is 0 Å². The van der Waals surface area contributed by atoms with Gasteiger partial charge in [-0.3, -0.25) is 9.59 Å². The van der Waals surface area contributed by atoms with Gasteiger partial charge >= 0.3 is 0 Å². The lowest BCUT2D eigenvalue weighted by atomic mass is 10.2. The van der Waals surface area contributed by atoms with Crippen molar-refractivity contribution in [2.75, 3.05) is 24.6 Å². The normalized spacial score (nSPS) is 12.6. The summed E-state index contributed by atoms with van der Waals surface area (Å²) in [6.45, 7) is 0.535. The Morgan fingerprint density at radius 1 is 1.04 bits per heavy atom. The number of benzene rings is 2. The highest BCUT2D eigenvalue weighted by molar-refractivity contribution is 5.98. The van der Waals surface area contributed by atoms with Crippen LogP contribution in [-0.4, -0.2) is 31.5 Å². The van der Waals surface area contributed by atoms with Gasteiger partial charge in [0, 0.05) is 12.2 Å². The van der Waals surface area contributed by atoms with Crippen molar-refractivity contribution in [3.63, 3.8) is 0 Å². The largest absolute Gasteiger partial charge is 0.484 e. The van der Waals surface area contributed by atoms with Crippen LogP contribution in [0.1, 0.15) is 5.56 Å². The van der Waals surface area contributed by atoms with Crippen molar-refractivity contribution in [1.29, 1.82) is 0 Å². The number of rotatable bonds is 5. The smallest absolute Gasteiger partial charge is 0.258 e. The van der Waals surface area contributed by atoms with Crippen molar-refractivity contribution in [3.05, 3.63) is 60.2 Å². The van der Waals surface area contributed by atoms with Crippen molar-refractivity contribution in [2.24, 2.45) is 0 Å². The van der Waals surface area contributed by atoms with E-state index < -0.39 is 0 Å². The summed E-state index contributed by atoms with van der Waals surface area (Å²) in [6.07, 6.45) is 0.854. The van der Waals surface area contributed by atoms with E-state index in [1.807, 2.05) is 42.5 Å². The summed E-state index contributed by atoms with van der Waals surface area (Å²) in [5.41, 5.74) is 2.10. The van der Waals surface area contributed by atoms with Crippen LogP contribution in [-0.2, 0) is 16.0 Å². The fourth-order valence-corrected chi connectivity index (χ4v) is 2.58. The monoisotopic (exact) mass is 310 g/mol. The third-order valence-corrected chi connectivity index (χ3v) is 3.74. The van der Waals surface area contributed by atoms with Gasteiger partial charge in [-0.25, -0.2) is 0 Å². The van der Waals surface area contributed by atoms with Gasteiger partial charge in [-0.15, -0.1) is 0 Å². The summed E-state index contributed by atoms with van der Waals surface area (Å²) in [5, 5.41) is 2.61. The lowest BCUT2D eigenvalue weighted by Crippen LogP contribution is -2.40. The third kappa shape index (κ3) is 3.69. The van der Waals surface area contributed by atoms with Crippen molar-refractivity contribution in [2.45, 2.75) is 6.42 Å². The first-order valence-corrected chi connectivity index (χ1v) is 7.57. The number of hydrogen-bond acceptors (Lipinski definition) is 3. The molecule has 3 rings (SSSR count). The quantitative estimate of drug-likeness (QED) is 0.915. The molecule has 0 atom stereocenters. The van der Waals surface area contributed by atoms with Gasteiger partial charge in [0.15, 0.2) is 6.61 Å². The number of anilines is 1. The van der Waals surface area contributed by atoms with Crippen molar-refractivity contribution in [3.8, 4) is 5.75 Å². The molecule has 0 saturated heterocycles. The Morgan fingerprint density at radius 3 is 2.61 bits per heavy atom. The van der Waals surface area contributed by atoms with Gasteiger partial charge in [0.05, 0.1) is 6.54 Å². The summed E-state index contributed by atoms with van der Waals surface area (Å²) in [4.78, 5) is 25.7. The van der Waals surface area contributed by atoms with Crippen molar-refractivity contribution in [1.82, 2.24) is 5.32 Å². The number of para-hydroxylation sites is 2. The Balaban J connectivity index is 1.47. The van der Waals surface area contributed by atoms with E-state index in [0.29, 0.717) is 12.3 Å². The first-order chi connectivity index (χ1) is 11.2. The molecule has 0 unspecified atom stereocenters. The van der Waals surface area contributed by atoms with E-state index in [1.54, 1.807) is 17.0 Å². The summed E-state index contributed by atoms with van der Waals surface area (Å²) in [5.74, 6) is 0.208. The number of amides is 2. The van der Waals surface area contributed by atoms with Crippen molar-refractivity contribution < 1.29 is 14.3 Å². The van der Waals surface area contributed by atoms with E-state index in [-0.39, 0.29) is 25.0 Å². The Bertz CT molecular complexity index is 700. The molecule has 0 bridgehead atoms.